The lowest BCUT2D eigenvalue weighted by Crippen LogP contribution is -2.36. The number of benzene rings is 1. The highest BCUT2D eigenvalue weighted by molar-refractivity contribution is 14.0. The molecule has 0 atom stereocenters. The van der Waals surface area contributed by atoms with Gasteiger partial charge in [0.15, 0.2) is 17.5 Å². The summed E-state index contributed by atoms with van der Waals surface area (Å²) in [6, 6.07) is 9.85. The number of hydrogen-bond donors (Lipinski definition) is 2. The van der Waals surface area contributed by atoms with Gasteiger partial charge < -0.3 is 24.8 Å². The lowest BCUT2D eigenvalue weighted by molar-refractivity contribution is 0.148. The van der Waals surface area contributed by atoms with Crippen molar-refractivity contribution < 1.29 is 14.2 Å². The number of halogens is 1. The van der Waals surface area contributed by atoms with Crippen molar-refractivity contribution in [3.63, 3.8) is 0 Å². The largest absolute Gasteiger partial charge is 0.493 e. The number of pyridine rings is 1. The van der Waals surface area contributed by atoms with E-state index in [1.165, 1.54) is 19.3 Å². The van der Waals surface area contributed by atoms with Crippen LogP contribution in [0.2, 0.25) is 0 Å². The minimum absolute atomic E-state index is 0. The summed E-state index contributed by atoms with van der Waals surface area (Å²) < 4.78 is 16.7. The first kappa shape index (κ1) is 25.0. The third-order valence-electron chi connectivity index (χ3n) is 5.23. The molecule has 0 bridgehead atoms. The quantitative estimate of drug-likeness (QED) is 0.296. The average Bonchev–Trinajstić information content (AvgIpc) is 2.80. The Morgan fingerprint density at radius 1 is 0.968 bits per heavy atom. The summed E-state index contributed by atoms with van der Waals surface area (Å²) in [6.07, 6.45) is 8.14. The van der Waals surface area contributed by atoms with Gasteiger partial charge in [-0.1, -0.05) is 12.5 Å². The van der Waals surface area contributed by atoms with Crippen molar-refractivity contribution in [2.45, 2.75) is 51.3 Å². The van der Waals surface area contributed by atoms with Gasteiger partial charge in [0.25, 0.3) is 0 Å². The molecule has 1 aliphatic rings. The number of nitrogens with one attached hydrogen (secondary N) is 2. The van der Waals surface area contributed by atoms with Gasteiger partial charge in [-0.3, -0.25) is 4.99 Å². The van der Waals surface area contributed by atoms with E-state index in [4.69, 9.17) is 14.2 Å². The van der Waals surface area contributed by atoms with E-state index >= 15 is 0 Å². The molecule has 0 aliphatic heterocycles. The Bertz CT molecular complexity index is 841. The van der Waals surface area contributed by atoms with Gasteiger partial charge >= 0.3 is 0 Å². The maximum Gasteiger partial charge on any atom is 0.213 e. The van der Waals surface area contributed by atoms with Gasteiger partial charge in [-0.05, 0) is 55.0 Å². The van der Waals surface area contributed by atoms with Gasteiger partial charge in [0.05, 0.1) is 14.2 Å². The molecule has 170 valence electrons. The zero-order valence-corrected chi connectivity index (χ0v) is 20.8. The lowest BCUT2D eigenvalue weighted by Gasteiger charge is -2.22. The number of rotatable bonds is 8. The van der Waals surface area contributed by atoms with Crippen molar-refractivity contribution in [1.29, 1.82) is 0 Å². The van der Waals surface area contributed by atoms with Gasteiger partial charge in [-0.15, -0.1) is 24.0 Å². The van der Waals surface area contributed by atoms with E-state index in [2.05, 4.69) is 20.6 Å². The highest BCUT2D eigenvalue weighted by Crippen LogP contribution is 2.27. The molecule has 1 aromatic heterocycles. The maximum atomic E-state index is 6.07. The molecule has 0 amide bonds. The minimum atomic E-state index is 0. The standard InChI is InChI=1S/C23H32N4O3.HI/c1-24-23(26-15-17-9-10-20(28-2)21(13-17)29-3)27-16-18-11-12-25-22(14-18)30-19-7-5-4-6-8-19;/h9-14,19H,4-8,15-16H2,1-3H3,(H2,24,26,27);1H. The Morgan fingerprint density at radius 3 is 2.29 bits per heavy atom. The van der Waals surface area contributed by atoms with Crippen LogP contribution in [0.1, 0.15) is 43.2 Å². The van der Waals surface area contributed by atoms with Crippen molar-refractivity contribution in [3.05, 3.63) is 47.7 Å². The van der Waals surface area contributed by atoms with E-state index in [-0.39, 0.29) is 24.0 Å². The molecule has 0 saturated heterocycles. The average molecular weight is 540 g/mol. The molecular formula is C23H33IN4O3. The topological polar surface area (TPSA) is 77.0 Å². The molecule has 0 spiro atoms. The molecule has 0 radical (unpaired) electrons. The fraction of sp³-hybridized carbons (Fsp3) is 0.478. The molecular weight excluding hydrogens is 507 g/mol. The zero-order valence-electron chi connectivity index (χ0n) is 18.5. The molecule has 2 aromatic rings. The summed E-state index contributed by atoms with van der Waals surface area (Å²) in [7, 11) is 5.02. The Morgan fingerprint density at radius 2 is 1.65 bits per heavy atom. The highest BCUT2D eigenvalue weighted by atomic mass is 127. The molecule has 1 aromatic carbocycles. The Hall–Kier alpha value is -2.23. The highest BCUT2D eigenvalue weighted by Gasteiger charge is 2.15. The van der Waals surface area contributed by atoms with Gasteiger partial charge in [0.2, 0.25) is 5.88 Å². The van der Waals surface area contributed by atoms with E-state index in [0.29, 0.717) is 36.6 Å². The monoisotopic (exact) mass is 540 g/mol. The van der Waals surface area contributed by atoms with Crippen LogP contribution in [0.15, 0.2) is 41.5 Å². The Kier molecular flexibility index (Phi) is 10.7. The molecule has 1 aliphatic carbocycles. The Balaban J connectivity index is 0.00000341. The molecule has 3 rings (SSSR count). The molecule has 8 heteroatoms. The second kappa shape index (κ2) is 13.2. The van der Waals surface area contributed by atoms with Gasteiger partial charge in [0.1, 0.15) is 6.10 Å². The normalized spacial score (nSPS) is 14.4. The van der Waals surface area contributed by atoms with Crippen LogP contribution in [0.25, 0.3) is 0 Å². The van der Waals surface area contributed by atoms with Crippen LogP contribution >= 0.6 is 24.0 Å². The summed E-state index contributed by atoms with van der Waals surface area (Å²) >= 11 is 0. The summed E-state index contributed by atoms with van der Waals surface area (Å²) in [5, 5.41) is 6.66. The zero-order chi connectivity index (χ0) is 21.2. The predicted molar refractivity (Wildman–Crippen MR) is 134 cm³/mol. The summed E-state index contributed by atoms with van der Waals surface area (Å²) in [6.45, 7) is 1.25. The molecule has 31 heavy (non-hydrogen) atoms. The fourth-order valence-electron chi connectivity index (χ4n) is 3.56. The smallest absolute Gasteiger partial charge is 0.213 e. The fourth-order valence-corrected chi connectivity index (χ4v) is 3.56. The van der Waals surface area contributed by atoms with E-state index in [9.17, 15) is 0 Å². The number of aliphatic imine (C=N–C) groups is 1. The van der Waals surface area contributed by atoms with Gasteiger partial charge in [0, 0.05) is 32.4 Å². The predicted octanol–water partition coefficient (Wildman–Crippen LogP) is 4.29. The number of ether oxygens (including phenoxy) is 3. The maximum absolute atomic E-state index is 6.07. The lowest BCUT2D eigenvalue weighted by atomic mass is 9.98. The van der Waals surface area contributed by atoms with E-state index in [0.717, 1.165) is 29.9 Å². The first-order valence-corrected chi connectivity index (χ1v) is 10.5. The van der Waals surface area contributed by atoms with E-state index < -0.39 is 0 Å². The van der Waals surface area contributed by atoms with Crippen LogP contribution in [0.3, 0.4) is 0 Å². The molecule has 1 heterocycles. The van der Waals surface area contributed by atoms with Crippen LogP contribution < -0.4 is 24.8 Å². The third kappa shape index (κ3) is 7.75. The SMILES string of the molecule is CN=C(NCc1ccnc(OC2CCCCC2)c1)NCc1ccc(OC)c(OC)c1.I. The second-order valence-corrected chi connectivity index (χ2v) is 7.35. The first-order valence-electron chi connectivity index (χ1n) is 10.5. The number of methoxy groups -OCH3 is 2. The Labute approximate surface area is 202 Å². The van der Waals surface area contributed by atoms with Crippen molar-refractivity contribution in [2.24, 2.45) is 4.99 Å². The molecule has 1 fully saturated rings. The van der Waals surface area contributed by atoms with E-state index in [1.54, 1.807) is 27.5 Å². The second-order valence-electron chi connectivity index (χ2n) is 7.35. The van der Waals surface area contributed by atoms with Crippen molar-refractivity contribution in [1.82, 2.24) is 15.6 Å². The molecule has 7 nitrogen and oxygen atoms in total. The van der Waals surface area contributed by atoms with Crippen LogP contribution in [-0.2, 0) is 13.1 Å². The van der Waals surface area contributed by atoms with Crippen LogP contribution in [0.4, 0.5) is 0 Å². The number of guanidine groups is 1. The summed E-state index contributed by atoms with van der Waals surface area (Å²) in [5.41, 5.74) is 2.17. The molecule has 1 saturated carbocycles. The number of nitrogens with zero attached hydrogens (tertiary/aromatic N) is 2. The molecule has 2 N–H and O–H groups in total. The molecule has 0 unspecified atom stereocenters. The first-order chi connectivity index (χ1) is 14.7. The third-order valence-corrected chi connectivity index (χ3v) is 5.23. The summed E-state index contributed by atoms with van der Waals surface area (Å²) in [4.78, 5) is 8.67. The van der Waals surface area contributed by atoms with Crippen molar-refractivity contribution >= 4 is 29.9 Å². The van der Waals surface area contributed by atoms with Crippen LogP contribution in [-0.4, -0.2) is 38.3 Å². The van der Waals surface area contributed by atoms with Crippen LogP contribution in [0.5, 0.6) is 17.4 Å². The number of hydrogen-bond acceptors (Lipinski definition) is 5. The summed E-state index contributed by atoms with van der Waals surface area (Å²) in [5.74, 6) is 2.85. The minimum Gasteiger partial charge on any atom is -0.493 e. The van der Waals surface area contributed by atoms with Crippen molar-refractivity contribution in [3.8, 4) is 17.4 Å². The van der Waals surface area contributed by atoms with Gasteiger partial charge in [-0.25, -0.2) is 4.98 Å². The van der Waals surface area contributed by atoms with E-state index in [1.807, 2.05) is 30.3 Å². The number of aromatic nitrogens is 1. The van der Waals surface area contributed by atoms with Gasteiger partial charge in [-0.2, -0.15) is 0 Å². The van der Waals surface area contributed by atoms with Crippen molar-refractivity contribution in [2.75, 3.05) is 21.3 Å². The van der Waals surface area contributed by atoms with Crippen LogP contribution in [0, 0.1) is 0 Å².